The highest BCUT2D eigenvalue weighted by Gasteiger charge is 2.34. The first-order chi connectivity index (χ1) is 7.20. The number of halogens is 1. The van der Waals surface area contributed by atoms with Crippen LogP contribution >= 0.6 is 0 Å². The first-order valence-corrected chi connectivity index (χ1v) is 4.62. The van der Waals surface area contributed by atoms with Crippen molar-refractivity contribution in [1.29, 1.82) is 0 Å². The summed E-state index contributed by atoms with van der Waals surface area (Å²) in [5.74, 6) is -1.52. The Morgan fingerprint density at radius 3 is 2.53 bits per heavy atom. The Bertz CT molecular complexity index is 385. The van der Waals surface area contributed by atoms with Gasteiger partial charge < -0.3 is 9.53 Å². The Morgan fingerprint density at radius 1 is 1.33 bits per heavy atom. The van der Waals surface area contributed by atoms with Gasteiger partial charge in [-0.15, -0.1) is 0 Å². The van der Waals surface area contributed by atoms with E-state index in [0.717, 1.165) is 0 Å². The van der Waals surface area contributed by atoms with Crippen molar-refractivity contribution in [3.05, 3.63) is 35.6 Å². The van der Waals surface area contributed by atoms with Gasteiger partial charge >= 0.3 is 5.97 Å². The number of cyclic esters (lactones) is 1. The van der Waals surface area contributed by atoms with Crippen LogP contribution in [0.25, 0.3) is 0 Å². The molecule has 0 radical (unpaired) electrons. The van der Waals surface area contributed by atoms with Gasteiger partial charge in [-0.3, -0.25) is 4.79 Å². The molecule has 0 spiro atoms. The molecule has 1 aliphatic heterocycles. The maximum absolute atomic E-state index is 12.6. The number of ether oxygens (including phenoxy) is 1. The lowest BCUT2D eigenvalue weighted by Gasteiger charge is -2.08. The molecule has 0 aliphatic carbocycles. The van der Waals surface area contributed by atoms with Gasteiger partial charge in [0.05, 0.1) is 0 Å². The van der Waals surface area contributed by atoms with Crippen molar-refractivity contribution in [3.63, 3.8) is 0 Å². The van der Waals surface area contributed by atoms with Crippen LogP contribution in [-0.2, 0) is 14.3 Å². The Kier molecular flexibility index (Phi) is 2.49. The van der Waals surface area contributed by atoms with Crippen LogP contribution in [0.5, 0.6) is 0 Å². The van der Waals surface area contributed by atoms with Crippen LogP contribution in [0.1, 0.15) is 18.1 Å². The second-order valence-electron chi connectivity index (χ2n) is 3.46. The van der Waals surface area contributed by atoms with Crippen LogP contribution in [0.4, 0.5) is 4.39 Å². The molecule has 0 amide bonds. The summed E-state index contributed by atoms with van der Waals surface area (Å²) in [4.78, 5) is 21.6. The largest absolute Gasteiger partial charge is 0.457 e. The van der Waals surface area contributed by atoms with E-state index in [1.807, 2.05) is 0 Å². The van der Waals surface area contributed by atoms with Crippen molar-refractivity contribution in [2.24, 2.45) is 5.92 Å². The normalized spacial score (nSPS) is 25.0. The summed E-state index contributed by atoms with van der Waals surface area (Å²) >= 11 is 0. The fraction of sp³-hybridized carbons (Fsp3) is 0.273. The number of esters is 1. The molecule has 1 fully saturated rings. The molecule has 2 atom stereocenters. The van der Waals surface area contributed by atoms with Crippen LogP contribution in [0.3, 0.4) is 0 Å². The van der Waals surface area contributed by atoms with E-state index >= 15 is 0 Å². The minimum Gasteiger partial charge on any atom is -0.457 e. The lowest BCUT2D eigenvalue weighted by molar-refractivity contribution is -0.145. The number of hydrogen-bond donors (Lipinski definition) is 0. The average molecular weight is 208 g/mol. The molecule has 2 unspecified atom stereocenters. The van der Waals surface area contributed by atoms with Crippen LogP contribution in [-0.4, -0.2) is 12.3 Å². The third kappa shape index (κ3) is 1.88. The molecule has 4 heteroatoms. The fourth-order valence-corrected chi connectivity index (χ4v) is 1.60. The molecule has 1 aromatic carbocycles. The van der Waals surface area contributed by atoms with Crippen LogP contribution in [0.2, 0.25) is 0 Å². The fourth-order valence-electron chi connectivity index (χ4n) is 1.60. The van der Waals surface area contributed by atoms with Gasteiger partial charge in [0.2, 0.25) is 0 Å². The van der Waals surface area contributed by atoms with Gasteiger partial charge in [0, 0.05) is 6.42 Å². The minimum absolute atomic E-state index is 0.338. The van der Waals surface area contributed by atoms with Crippen molar-refractivity contribution >= 4 is 12.3 Å². The summed E-state index contributed by atoms with van der Waals surface area (Å²) in [6.45, 7) is 0. The maximum Gasteiger partial charge on any atom is 0.316 e. The van der Waals surface area contributed by atoms with E-state index in [1.165, 1.54) is 12.1 Å². The molecule has 1 aromatic rings. The number of carbonyl (C=O) groups is 2. The predicted octanol–water partition coefficient (Wildman–Crippen LogP) is 1.63. The van der Waals surface area contributed by atoms with E-state index in [1.54, 1.807) is 12.1 Å². The molecule has 2 rings (SSSR count). The molecule has 1 saturated heterocycles. The standard InChI is InChI=1S/C11H9FO3/c12-9-3-1-7(2-4-9)10-5-8(6-13)11(14)15-10/h1-4,6,8,10H,5H2. The van der Waals surface area contributed by atoms with E-state index in [9.17, 15) is 14.0 Å². The molecule has 0 bridgehead atoms. The highest BCUT2D eigenvalue weighted by Crippen LogP contribution is 2.32. The average Bonchev–Trinajstić information content (AvgIpc) is 2.61. The van der Waals surface area contributed by atoms with E-state index in [-0.39, 0.29) is 5.82 Å². The van der Waals surface area contributed by atoms with Crippen molar-refractivity contribution in [3.8, 4) is 0 Å². The van der Waals surface area contributed by atoms with Crippen molar-refractivity contribution in [2.75, 3.05) is 0 Å². The molecule has 78 valence electrons. The SMILES string of the molecule is O=CC1CC(c2ccc(F)cc2)OC1=O. The minimum atomic E-state index is -0.681. The monoisotopic (exact) mass is 208 g/mol. The van der Waals surface area contributed by atoms with E-state index < -0.39 is 18.0 Å². The second kappa shape index (κ2) is 3.81. The zero-order chi connectivity index (χ0) is 10.8. The van der Waals surface area contributed by atoms with Gasteiger partial charge in [-0.05, 0) is 17.7 Å². The summed E-state index contributed by atoms with van der Waals surface area (Å²) in [5.41, 5.74) is 0.717. The molecule has 1 aliphatic rings. The first kappa shape index (κ1) is 9.83. The van der Waals surface area contributed by atoms with Gasteiger partial charge in [0.15, 0.2) is 0 Å². The number of carbonyl (C=O) groups excluding carboxylic acids is 2. The van der Waals surface area contributed by atoms with Crippen LogP contribution in [0.15, 0.2) is 24.3 Å². The van der Waals surface area contributed by atoms with E-state index in [0.29, 0.717) is 18.3 Å². The Hall–Kier alpha value is -1.71. The molecule has 0 N–H and O–H groups in total. The molecule has 1 heterocycles. The summed E-state index contributed by atoms with van der Waals surface area (Å²) in [6.07, 6.45) is 0.508. The van der Waals surface area contributed by atoms with Gasteiger partial charge in [-0.2, -0.15) is 0 Å². The van der Waals surface area contributed by atoms with Gasteiger partial charge in [0.1, 0.15) is 24.1 Å². The molecular formula is C11H9FO3. The van der Waals surface area contributed by atoms with Crippen LogP contribution < -0.4 is 0 Å². The molecule has 0 saturated carbocycles. The number of aldehydes is 1. The zero-order valence-corrected chi connectivity index (χ0v) is 7.85. The molecule has 3 nitrogen and oxygen atoms in total. The van der Waals surface area contributed by atoms with E-state index in [2.05, 4.69) is 0 Å². The third-order valence-corrected chi connectivity index (χ3v) is 2.44. The second-order valence-corrected chi connectivity index (χ2v) is 3.46. The highest BCUT2D eigenvalue weighted by molar-refractivity contribution is 5.89. The Balaban J connectivity index is 2.17. The first-order valence-electron chi connectivity index (χ1n) is 4.62. The summed E-state index contributed by atoms with van der Waals surface area (Å²) < 4.78 is 17.6. The molecule has 0 aromatic heterocycles. The number of benzene rings is 1. The third-order valence-electron chi connectivity index (χ3n) is 2.44. The lowest BCUT2D eigenvalue weighted by Crippen LogP contribution is -2.07. The lowest BCUT2D eigenvalue weighted by atomic mass is 10.0. The number of hydrogen-bond acceptors (Lipinski definition) is 3. The smallest absolute Gasteiger partial charge is 0.316 e. The Labute approximate surface area is 85.9 Å². The topological polar surface area (TPSA) is 43.4 Å². The van der Waals surface area contributed by atoms with Crippen LogP contribution in [0, 0.1) is 11.7 Å². The maximum atomic E-state index is 12.6. The van der Waals surface area contributed by atoms with Gasteiger partial charge in [-0.25, -0.2) is 4.39 Å². The summed E-state index contributed by atoms with van der Waals surface area (Å²) in [5, 5.41) is 0. The quantitative estimate of drug-likeness (QED) is 0.421. The van der Waals surface area contributed by atoms with E-state index in [4.69, 9.17) is 4.74 Å². The number of rotatable bonds is 2. The van der Waals surface area contributed by atoms with Gasteiger partial charge in [-0.1, -0.05) is 12.1 Å². The van der Waals surface area contributed by atoms with Gasteiger partial charge in [0.25, 0.3) is 0 Å². The molecular weight excluding hydrogens is 199 g/mol. The summed E-state index contributed by atoms with van der Waals surface area (Å²) in [6, 6.07) is 5.72. The highest BCUT2D eigenvalue weighted by atomic mass is 19.1. The zero-order valence-electron chi connectivity index (χ0n) is 7.85. The van der Waals surface area contributed by atoms with Crippen molar-refractivity contribution in [2.45, 2.75) is 12.5 Å². The summed E-state index contributed by atoms with van der Waals surface area (Å²) in [7, 11) is 0. The predicted molar refractivity (Wildman–Crippen MR) is 49.4 cm³/mol. The van der Waals surface area contributed by atoms with Crippen molar-refractivity contribution in [1.82, 2.24) is 0 Å². The van der Waals surface area contributed by atoms with Crippen molar-refractivity contribution < 1.29 is 18.7 Å². The Morgan fingerprint density at radius 2 is 2.00 bits per heavy atom. The molecule has 15 heavy (non-hydrogen) atoms.